The van der Waals surface area contributed by atoms with E-state index >= 15 is 0 Å². The van der Waals surface area contributed by atoms with Gasteiger partial charge < -0.3 is 15.0 Å². The van der Waals surface area contributed by atoms with Gasteiger partial charge in [-0.2, -0.15) is 0 Å². The van der Waals surface area contributed by atoms with Crippen LogP contribution in [0.1, 0.15) is 30.6 Å². The van der Waals surface area contributed by atoms with Crippen LogP contribution in [0.25, 0.3) is 0 Å². The van der Waals surface area contributed by atoms with Gasteiger partial charge in [-0.25, -0.2) is 0 Å². The number of aliphatic hydroxyl groups excluding tert-OH is 1. The molecule has 1 aromatic heterocycles. The molecule has 1 aromatic rings. The highest BCUT2D eigenvalue weighted by Gasteiger charge is 2.10. The van der Waals surface area contributed by atoms with Crippen molar-refractivity contribution in [2.45, 2.75) is 26.4 Å². The van der Waals surface area contributed by atoms with Gasteiger partial charge in [-0.15, -0.1) is 0 Å². The number of rotatable bonds is 5. The summed E-state index contributed by atoms with van der Waals surface area (Å²) in [6.07, 6.45) is 1.58. The highest BCUT2D eigenvalue weighted by atomic mass is 16.3. The van der Waals surface area contributed by atoms with E-state index in [1.165, 1.54) is 22.9 Å². The molecule has 1 atom stereocenters. The Bertz CT molecular complexity index is 466. The zero-order valence-electron chi connectivity index (χ0n) is 11.0. The van der Waals surface area contributed by atoms with Gasteiger partial charge in [-0.05, 0) is 18.4 Å². The second-order valence-electron chi connectivity index (χ2n) is 4.86. The summed E-state index contributed by atoms with van der Waals surface area (Å²) in [5.74, 6) is 0.0999. The van der Waals surface area contributed by atoms with E-state index in [4.69, 9.17) is 0 Å². The Balaban J connectivity index is 2.55. The first kappa shape index (κ1) is 14.4. The van der Waals surface area contributed by atoms with Crippen LogP contribution in [-0.2, 0) is 7.05 Å². The number of carbonyl (C=O) groups is 1. The molecule has 2 N–H and O–H groups in total. The lowest BCUT2D eigenvalue weighted by molar-refractivity contribution is 0.0899. The van der Waals surface area contributed by atoms with E-state index in [1.807, 2.05) is 13.8 Å². The normalized spacial score (nSPS) is 12.5. The summed E-state index contributed by atoms with van der Waals surface area (Å²) in [5, 5.41) is 12.3. The molecule has 0 spiro atoms. The van der Waals surface area contributed by atoms with Gasteiger partial charge in [0.1, 0.15) is 0 Å². The van der Waals surface area contributed by atoms with Crippen molar-refractivity contribution in [3.8, 4) is 0 Å². The van der Waals surface area contributed by atoms with Crippen LogP contribution in [0.5, 0.6) is 0 Å². The van der Waals surface area contributed by atoms with E-state index in [9.17, 15) is 14.7 Å². The van der Waals surface area contributed by atoms with Crippen molar-refractivity contribution in [1.29, 1.82) is 0 Å². The lowest BCUT2D eigenvalue weighted by Gasteiger charge is -2.14. The fraction of sp³-hybridized carbons (Fsp3) is 0.538. The van der Waals surface area contributed by atoms with Gasteiger partial charge >= 0.3 is 0 Å². The fourth-order valence-corrected chi connectivity index (χ4v) is 1.67. The molecular weight excluding hydrogens is 232 g/mol. The molecule has 0 aliphatic heterocycles. The van der Waals surface area contributed by atoms with Crippen molar-refractivity contribution in [3.05, 3.63) is 34.2 Å². The molecule has 0 aromatic carbocycles. The smallest absolute Gasteiger partial charge is 0.252 e. The molecule has 5 heteroatoms. The standard InChI is InChI=1S/C13H20N2O3/c1-9(2)6-11(16)7-14-13(18)10-4-5-12(17)15(3)8-10/h4-5,8-9,11,16H,6-7H2,1-3H3,(H,14,18). The van der Waals surface area contributed by atoms with Gasteiger partial charge in [0, 0.05) is 25.9 Å². The second kappa shape index (κ2) is 6.35. The van der Waals surface area contributed by atoms with Crippen molar-refractivity contribution in [1.82, 2.24) is 9.88 Å². The van der Waals surface area contributed by atoms with E-state index in [0.717, 1.165) is 0 Å². The van der Waals surface area contributed by atoms with Crippen LogP contribution in [0.15, 0.2) is 23.1 Å². The van der Waals surface area contributed by atoms with Gasteiger partial charge in [0.15, 0.2) is 0 Å². The van der Waals surface area contributed by atoms with Crippen LogP contribution in [0.2, 0.25) is 0 Å². The Morgan fingerprint density at radius 2 is 2.11 bits per heavy atom. The number of hydrogen-bond acceptors (Lipinski definition) is 3. The molecule has 1 heterocycles. The van der Waals surface area contributed by atoms with Crippen molar-refractivity contribution >= 4 is 5.91 Å². The topological polar surface area (TPSA) is 71.3 Å². The third kappa shape index (κ3) is 4.33. The highest BCUT2D eigenvalue weighted by Crippen LogP contribution is 2.03. The predicted molar refractivity (Wildman–Crippen MR) is 69.5 cm³/mol. The third-order valence-electron chi connectivity index (χ3n) is 2.59. The number of amides is 1. The number of carbonyl (C=O) groups excluding carboxylic acids is 1. The van der Waals surface area contributed by atoms with Crippen molar-refractivity contribution < 1.29 is 9.90 Å². The largest absolute Gasteiger partial charge is 0.391 e. The van der Waals surface area contributed by atoms with Crippen molar-refractivity contribution in [3.63, 3.8) is 0 Å². The summed E-state index contributed by atoms with van der Waals surface area (Å²) < 4.78 is 1.35. The number of hydrogen-bond donors (Lipinski definition) is 2. The highest BCUT2D eigenvalue weighted by molar-refractivity contribution is 5.93. The molecule has 1 unspecified atom stereocenters. The summed E-state index contributed by atoms with van der Waals surface area (Å²) in [5.41, 5.74) is 0.250. The molecule has 18 heavy (non-hydrogen) atoms. The monoisotopic (exact) mass is 252 g/mol. The maximum absolute atomic E-state index is 11.8. The summed E-state index contributed by atoms with van der Waals surface area (Å²) in [7, 11) is 1.59. The van der Waals surface area contributed by atoms with Crippen LogP contribution in [0.3, 0.4) is 0 Å². The maximum Gasteiger partial charge on any atom is 0.252 e. The zero-order chi connectivity index (χ0) is 13.7. The van der Waals surface area contributed by atoms with Gasteiger partial charge in [-0.1, -0.05) is 13.8 Å². The molecule has 0 aliphatic carbocycles. The molecule has 100 valence electrons. The van der Waals surface area contributed by atoms with Gasteiger partial charge in [0.2, 0.25) is 5.56 Å². The first-order valence-corrected chi connectivity index (χ1v) is 6.03. The van der Waals surface area contributed by atoms with E-state index in [1.54, 1.807) is 7.05 Å². The minimum Gasteiger partial charge on any atom is -0.391 e. The maximum atomic E-state index is 11.8. The molecule has 0 saturated carbocycles. The first-order chi connectivity index (χ1) is 8.40. The van der Waals surface area contributed by atoms with Crippen LogP contribution < -0.4 is 10.9 Å². The Morgan fingerprint density at radius 3 is 2.67 bits per heavy atom. The van der Waals surface area contributed by atoms with E-state index in [2.05, 4.69) is 5.32 Å². The number of nitrogens with one attached hydrogen (secondary N) is 1. The Hall–Kier alpha value is -1.62. The van der Waals surface area contributed by atoms with Crippen molar-refractivity contribution in [2.24, 2.45) is 13.0 Å². The number of aliphatic hydroxyl groups is 1. The number of aromatic nitrogens is 1. The molecule has 5 nitrogen and oxygen atoms in total. The zero-order valence-corrected chi connectivity index (χ0v) is 11.0. The average molecular weight is 252 g/mol. The van der Waals surface area contributed by atoms with Gasteiger partial charge in [0.25, 0.3) is 5.91 Å². The number of aryl methyl sites for hydroxylation is 1. The Labute approximate surface area is 106 Å². The second-order valence-corrected chi connectivity index (χ2v) is 4.86. The average Bonchev–Trinajstić information content (AvgIpc) is 2.28. The molecular formula is C13H20N2O3. The first-order valence-electron chi connectivity index (χ1n) is 6.03. The van der Waals surface area contributed by atoms with E-state index in [-0.39, 0.29) is 18.0 Å². The molecule has 1 amide bonds. The van der Waals surface area contributed by atoms with E-state index < -0.39 is 6.10 Å². The van der Waals surface area contributed by atoms with E-state index in [0.29, 0.717) is 17.9 Å². The van der Waals surface area contributed by atoms with Crippen LogP contribution in [0, 0.1) is 5.92 Å². The summed E-state index contributed by atoms with van der Waals surface area (Å²) >= 11 is 0. The lowest BCUT2D eigenvalue weighted by Crippen LogP contribution is -2.33. The van der Waals surface area contributed by atoms with Crippen molar-refractivity contribution in [2.75, 3.05) is 6.54 Å². The number of nitrogens with zero attached hydrogens (tertiary/aromatic N) is 1. The molecule has 0 fully saturated rings. The van der Waals surface area contributed by atoms with Crippen LogP contribution >= 0.6 is 0 Å². The molecule has 0 radical (unpaired) electrons. The quantitative estimate of drug-likeness (QED) is 0.802. The fourth-order valence-electron chi connectivity index (χ4n) is 1.67. The lowest BCUT2D eigenvalue weighted by atomic mass is 10.1. The Kier molecular flexibility index (Phi) is 5.09. The predicted octanol–water partition coefficient (Wildman–Crippen LogP) is 0.522. The summed E-state index contributed by atoms with van der Waals surface area (Å²) in [6.45, 7) is 4.25. The summed E-state index contributed by atoms with van der Waals surface area (Å²) in [6, 6.07) is 2.83. The minimum atomic E-state index is -0.540. The number of pyridine rings is 1. The van der Waals surface area contributed by atoms with Gasteiger partial charge in [-0.3, -0.25) is 9.59 Å². The minimum absolute atomic E-state index is 0.161. The SMILES string of the molecule is CC(C)CC(O)CNC(=O)c1ccc(=O)n(C)c1. The summed E-state index contributed by atoms with van der Waals surface area (Å²) in [4.78, 5) is 22.9. The molecule has 1 rings (SSSR count). The van der Waals surface area contributed by atoms with Crippen LogP contribution in [-0.4, -0.2) is 28.2 Å². The Morgan fingerprint density at radius 1 is 1.44 bits per heavy atom. The van der Waals surface area contributed by atoms with Gasteiger partial charge in [0.05, 0.1) is 11.7 Å². The molecule has 0 aliphatic rings. The molecule has 0 saturated heterocycles. The molecule has 0 bridgehead atoms. The third-order valence-corrected chi connectivity index (χ3v) is 2.59. The van der Waals surface area contributed by atoms with Crippen LogP contribution in [0.4, 0.5) is 0 Å².